The number of nitro benzene ring substituents is 1. The molecule has 2 rings (SSSR count). The molecule has 2 aromatic carbocycles. The molecular formula is C13H10Cl2N2O5S. The van der Waals surface area contributed by atoms with Crippen LogP contribution >= 0.6 is 23.2 Å². The Morgan fingerprint density at radius 3 is 2.43 bits per heavy atom. The minimum Gasteiger partial charge on any atom is -0.449 e. The number of nitrogens with zero attached hydrogens (tertiary/aromatic N) is 1. The van der Waals surface area contributed by atoms with Crippen molar-refractivity contribution in [3.63, 3.8) is 0 Å². The van der Waals surface area contributed by atoms with E-state index < -0.39 is 20.6 Å². The van der Waals surface area contributed by atoms with Crippen LogP contribution in [0.15, 0.2) is 41.3 Å². The Kier molecular flexibility index (Phi) is 5.10. The van der Waals surface area contributed by atoms with Crippen molar-refractivity contribution in [2.24, 2.45) is 0 Å². The first-order chi connectivity index (χ1) is 10.7. The second-order valence-electron chi connectivity index (χ2n) is 4.27. The molecule has 0 fully saturated rings. The summed E-state index contributed by atoms with van der Waals surface area (Å²) in [5.41, 5.74) is -0.516. The molecule has 7 nitrogen and oxygen atoms in total. The molecule has 0 amide bonds. The molecule has 0 heterocycles. The average Bonchev–Trinajstić information content (AvgIpc) is 2.51. The fraction of sp³-hybridized carbons (Fsp3) is 0.0769. The quantitative estimate of drug-likeness (QED) is 0.634. The summed E-state index contributed by atoms with van der Waals surface area (Å²) in [4.78, 5) is 10.2. The Bertz CT molecular complexity index is 871. The van der Waals surface area contributed by atoms with Gasteiger partial charge in [0.1, 0.15) is 5.75 Å². The molecule has 10 heteroatoms. The van der Waals surface area contributed by atoms with Crippen molar-refractivity contribution in [1.29, 1.82) is 0 Å². The Labute approximate surface area is 142 Å². The van der Waals surface area contributed by atoms with Crippen LogP contribution in [0.3, 0.4) is 0 Å². The van der Waals surface area contributed by atoms with Gasteiger partial charge in [0, 0.05) is 17.2 Å². The maximum atomic E-state index is 11.7. The molecule has 0 saturated carbocycles. The lowest BCUT2D eigenvalue weighted by molar-refractivity contribution is -0.385. The highest BCUT2D eigenvalue weighted by molar-refractivity contribution is 7.89. The van der Waals surface area contributed by atoms with E-state index in [1.54, 1.807) is 0 Å². The van der Waals surface area contributed by atoms with Gasteiger partial charge in [-0.2, -0.15) is 0 Å². The molecule has 0 aromatic heterocycles. The average molecular weight is 377 g/mol. The molecule has 0 aliphatic heterocycles. The third-order valence-corrected chi connectivity index (χ3v) is 4.78. The van der Waals surface area contributed by atoms with Crippen LogP contribution in [0.4, 0.5) is 5.69 Å². The first-order valence-electron chi connectivity index (χ1n) is 6.09. The molecule has 0 unspecified atom stereocenters. The Morgan fingerprint density at radius 2 is 1.83 bits per heavy atom. The van der Waals surface area contributed by atoms with Gasteiger partial charge in [-0.3, -0.25) is 10.1 Å². The van der Waals surface area contributed by atoms with E-state index in [0.29, 0.717) is 5.02 Å². The maximum absolute atomic E-state index is 11.7. The Morgan fingerprint density at radius 1 is 1.13 bits per heavy atom. The van der Waals surface area contributed by atoms with E-state index in [9.17, 15) is 18.5 Å². The third kappa shape index (κ3) is 3.91. The summed E-state index contributed by atoms with van der Waals surface area (Å²) < 4.78 is 31.0. The summed E-state index contributed by atoms with van der Waals surface area (Å²) >= 11 is 11.8. The highest BCUT2D eigenvalue weighted by Crippen LogP contribution is 2.37. The van der Waals surface area contributed by atoms with E-state index in [1.165, 1.54) is 37.4 Å². The molecule has 0 saturated heterocycles. The molecule has 1 N–H and O–H groups in total. The van der Waals surface area contributed by atoms with Crippen LogP contribution in [0.25, 0.3) is 0 Å². The first kappa shape index (κ1) is 17.5. The molecule has 23 heavy (non-hydrogen) atoms. The van der Waals surface area contributed by atoms with Gasteiger partial charge in [-0.15, -0.1) is 0 Å². The Balaban J connectivity index is 2.51. The van der Waals surface area contributed by atoms with Gasteiger partial charge in [-0.05, 0) is 31.3 Å². The van der Waals surface area contributed by atoms with E-state index in [4.69, 9.17) is 27.9 Å². The highest BCUT2D eigenvalue weighted by atomic mass is 35.5. The molecule has 0 aliphatic rings. The maximum Gasteiger partial charge on any atom is 0.312 e. The second kappa shape index (κ2) is 6.71. The van der Waals surface area contributed by atoms with Crippen molar-refractivity contribution in [1.82, 2.24) is 4.72 Å². The number of hydrogen-bond acceptors (Lipinski definition) is 5. The van der Waals surface area contributed by atoms with Crippen LogP contribution in [0.1, 0.15) is 0 Å². The summed E-state index contributed by atoms with van der Waals surface area (Å²) in [7, 11) is -2.61. The van der Waals surface area contributed by atoms with Crippen LogP contribution in [0.2, 0.25) is 10.0 Å². The number of rotatable bonds is 5. The predicted molar refractivity (Wildman–Crippen MR) is 85.9 cm³/mol. The summed E-state index contributed by atoms with van der Waals surface area (Å²) in [5, 5.41) is 11.7. The summed E-state index contributed by atoms with van der Waals surface area (Å²) in [5.74, 6) is -0.0410. The predicted octanol–water partition coefficient (Wildman–Crippen LogP) is 3.60. The number of hydrogen-bond donors (Lipinski definition) is 1. The summed E-state index contributed by atoms with van der Waals surface area (Å²) in [6.07, 6.45) is 0. The van der Waals surface area contributed by atoms with Gasteiger partial charge in [0.2, 0.25) is 15.8 Å². The monoisotopic (exact) mass is 376 g/mol. The van der Waals surface area contributed by atoms with E-state index in [-0.39, 0.29) is 21.4 Å². The van der Waals surface area contributed by atoms with Crippen molar-refractivity contribution in [2.45, 2.75) is 4.90 Å². The SMILES string of the molecule is CNS(=O)(=O)c1ccc(Oc2cc(Cl)ccc2Cl)c([N+](=O)[O-])c1. The standard InChI is InChI=1S/C13H10Cl2N2O5S/c1-16-23(20,21)9-3-5-12(11(7-9)17(18)19)22-13-6-8(14)2-4-10(13)15/h2-7,16H,1H3. The molecule has 0 atom stereocenters. The largest absolute Gasteiger partial charge is 0.449 e. The smallest absolute Gasteiger partial charge is 0.312 e. The van der Waals surface area contributed by atoms with Gasteiger partial charge in [-0.1, -0.05) is 23.2 Å². The van der Waals surface area contributed by atoms with Crippen molar-refractivity contribution in [3.05, 3.63) is 56.6 Å². The molecule has 0 aliphatic carbocycles. The van der Waals surface area contributed by atoms with Crippen molar-refractivity contribution in [2.75, 3.05) is 7.05 Å². The third-order valence-electron chi connectivity index (χ3n) is 2.82. The van der Waals surface area contributed by atoms with Crippen molar-refractivity contribution >= 4 is 38.9 Å². The summed E-state index contributed by atoms with van der Waals surface area (Å²) in [6.45, 7) is 0. The first-order valence-corrected chi connectivity index (χ1v) is 8.33. The summed E-state index contributed by atoms with van der Waals surface area (Å²) in [6, 6.07) is 7.68. The number of ether oxygens (including phenoxy) is 1. The van der Waals surface area contributed by atoms with Crippen LogP contribution in [-0.4, -0.2) is 20.4 Å². The molecule has 0 bridgehead atoms. The van der Waals surface area contributed by atoms with Crippen LogP contribution in [0, 0.1) is 10.1 Å². The number of benzene rings is 2. The minimum absolute atomic E-state index is 0.117. The van der Waals surface area contributed by atoms with E-state index in [1.807, 2.05) is 0 Å². The molecule has 0 spiro atoms. The fourth-order valence-electron chi connectivity index (χ4n) is 1.69. The van der Waals surface area contributed by atoms with Gasteiger partial charge in [0.25, 0.3) is 0 Å². The van der Waals surface area contributed by atoms with E-state index in [0.717, 1.165) is 6.07 Å². The number of nitrogens with one attached hydrogen (secondary N) is 1. The minimum atomic E-state index is -3.82. The lowest BCUT2D eigenvalue weighted by Gasteiger charge is -2.09. The van der Waals surface area contributed by atoms with Gasteiger partial charge in [-0.25, -0.2) is 13.1 Å². The zero-order valence-corrected chi connectivity index (χ0v) is 13.9. The van der Waals surface area contributed by atoms with E-state index in [2.05, 4.69) is 4.72 Å². The van der Waals surface area contributed by atoms with Crippen LogP contribution in [0.5, 0.6) is 11.5 Å². The fourth-order valence-corrected chi connectivity index (χ4v) is 2.75. The van der Waals surface area contributed by atoms with Crippen LogP contribution in [-0.2, 0) is 10.0 Å². The molecule has 122 valence electrons. The lowest BCUT2D eigenvalue weighted by Crippen LogP contribution is -2.18. The Hall–Kier alpha value is -1.87. The number of halogens is 2. The van der Waals surface area contributed by atoms with Crippen molar-refractivity contribution < 1.29 is 18.1 Å². The van der Waals surface area contributed by atoms with Gasteiger partial charge < -0.3 is 4.74 Å². The lowest BCUT2D eigenvalue weighted by atomic mass is 10.3. The normalized spacial score (nSPS) is 11.3. The number of nitro groups is 1. The zero-order valence-electron chi connectivity index (χ0n) is 11.6. The van der Waals surface area contributed by atoms with Crippen LogP contribution < -0.4 is 9.46 Å². The number of sulfonamides is 1. The van der Waals surface area contributed by atoms with Gasteiger partial charge >= 0.3 is 5.69 Å². The second-order valence-corrected chi connectivity index (χ2v) is 7.00. The molecule has 2 aromatic rings. The van der Waals surface area contributed by atoms with Crippen molar-refractivity contribution in [3.8, 4) is 11.5 Å². The van der Waals surface area contributed by atoms with E-state index >= 15 is 0 Å². The highest BCUT2D eigenvalue weighted by Gasteiger charge is 2.22. The zero-order chi connectivity index (χ0) is 17.2. The van der Waals surface area contributed by atoms with Gasteiger partial charge in [0.05, 0.1) is 14.8 Å². The molecular weight excluding hydrogens is 367 g/mol. The molecule has 0 radical (unpaired) electrons. The van der Waals surface area contributed by atoms with Gasteiger partial charge in [0.15, 0.2) is 0 Å². The topological polar surface area (TPSA) is 98.5 Å².